The molecule has 0 saturated heterocycles. The summed E-state index contributed by atoms with van der Waals surface area (Å²) in [7, 11) is 0. The third-order valence-corrected chi connectivity index (χ3v) is 2.32. The van der Waals surface area contributed by atoms with Gasteiger partial charge in [0.1, 0.15) is 5.75 Å². The van der Waals surface area contributed by atoms with Crippen molar-refractivity contribution in [3.8, 4) is 5.75 Å². The Bertz CT molecular complexity index is 291. The first-order valence-electron chi connectivity index (χ1n) is 4.06. The number of aromatic hydroxyl groups is 1. The van der Waals surface area contributed by atoms with Crippen LogP contribution in [0.1, 0.15) is 5.56 Å². The first-order chi connectivity index (χ1) is 6.13. The van der Waals surface area contributed by atoms with Gasteiger partial charge in [0.05, 0.1) is 0 Å². The van der Waals surface area contributed by atoms with Gasteiger partial charge in [0.2, 0.25) is 0 Å². The molecular formula is C9H13BrN2O. The molecule has 1 rings (SSSR count). The van der Waals surface area contributed by atoms with Gasteiger partial charge in [-0.05, 0) is 30.2 Å². The maximum absolute atomic E-state index is 9.46. The van der Waals surface area contributed by atoms with Crippen LogP contribution in [0.3, 0.4) is 0 Å². The Hall–Kier alpha value is -0.580. The van der Waals surface area contributed by atoms with Crippen LogP contribution >= 0.6 is 15.9 Å². The molecule has 3 nitrogen and oxygen atoms in total. The SMILES string of the molecule is NCC(N)Cc1cc(Br)ccc1O. The Kier molecular flexibility index (Phi) is 3.71. The lowest BCUT2D eigenvalue weighted by Gasteiger charge is -2.10. The first kappa shape index (κ1) is 10.5. The molecular weight excluding hydrogens is 232 g/mol. The van der Waals surface area contributed by atoms with Crippen molar-refractivity contribution < 1.29 is 5.11 Å². The Morgan fingerprint density at radius 3 is 2.77 bits per heavy atom. The van der Waals surface area contributed by atoms with E-state index in [0.29, 0.717) is 13.0 Å². The Morgan fingerprint density at radius 2 is 2.15 bits per heavy atom. The predicted octanol–water partition coefficient (Wildman–Crippen LogP) is 0.983. The van der Waals surface area contributed by atoms with Gasteiger partial charge in [0.25, 0.3) is 0 Å². The molecule has 0 bridgehead atoms. The molecule has 0 heterocycles. The third kappa shape index (κ3) is 2.99. The van der Waals surface area contributed by atoms with Gasteiger partial charge in [-0.15, -0.1) is 0 Å². The van der Waals surface area contributed by atoms with E-state index in [1.165, 1.54) is 0 Å². The molecule has 5 N–H and O–H groups in total. The molecule has 0 aliphatic rings. The van der Waals surface area contributed by atoms with Crippen LogP contribution in [0.4, 0.5) is 0 Å². The van der Waals surface area contributed by atoms with E-state index in [1.807, 2.05) is 6.07 Å². The molecule has 72 valence electrons. The largest absolute Gasteiger partial charge is 0.508 e. The molecule has 4 heteroatoms. The predicted molar refractivity (Wildman–Crippen MR) is 56.5 cm³/mol. The molecule has 0 aromatic heterocycles. The molecule has 0 saturated carbocycles. The van der Waals surface area contributed by atoms with Gasteiger partial charge in [-0.25, -0.2) is 0 Å². The van der Waals surface area contributed by atoms with Crippen LogP contribution < -0.4 is 11.5 Å². The molecule has 1 atom stereocenters. The number of phenolic OH excluding ortho intramolecular Hbond substituents is 1. The highest BCUT2D eigenvalue weighted by Crippen LogP contribution is 2.22. The minimum absolute atomic E-state index is 0.0970. The van der Waals surface area contributed by atoms with Gasteiger partial charge < -0.3 is 16.6 Å². The summed E-state index contributed by atoms with van der Waals surface area (Å²) in [6.07, 6.45) is 0.599. The van der Waals surface area contributed by atoms with E-state index in [4.69, 9.17) is 11.5 Å². The summed E-state index contributed by atoms with van der Waals surface area (Å²) in [6.45, 7) is 0.423. The fourth-order valence-corrected chi connectivity index (χ4v) is 1.49. The van der Waals surface area contributed by atoms with Crippen LogP contribution in [0.25, 0.3) is 0 Å². The van der Waals surface area contributed by atoms with E-state index < -0.39 is 0 Å². The molecule has 0 radical (unpaired) electrons. The van der Waals surface area contributed by atoms with Gasteiger partial charge in [0.15, 0.2) is 0 Å². The van der Waals surface area contributed by atoms with Crippen LogP contribution in [0.5, 0.6) is 5.75 Å². The van der Waals surface area contributed by atoms with Crippen molar-refractivity contribution in [1.29, 1.82) is 0 Å². The zero-order valence-electron chi connectivity index (χ0n) is 7.20. The molecule has 1 unspecified atom stereocenters. The number of rotatable bonds is 3. The van der Waals surface area contributed by atoms with Gasteiger partial charge in [-0.3, -0.25) is 0 Å². The number of benzene rings is 1. The third-order valence-electron chi connectivity index (χ3n) is 1.83. The quantitative estimate of drug-likeness (QED) is 0.743. The number of halogens is 1. The summed E-state index contributed by atoms with van der Waals surface area (Å²) in [5, 5.41) is 9.46. The fraction of sp³-hybridized carbons (Fsp3) is 0.333. The zero-order valence-corrected chi connectivity index (χ0v) is 8.79. The lowest BCUT2D eigenvalue weighted by atomic mass is 10.1. The van der Waals surface area contributed by atoms with E-state index in [1.54, 1.807) is 12.1 Å². The van der Waals surface area contributed by atoms with E-state index >= 15 is 0 Å². The summed E-state index contributed by atoms with van der Waals surface area (Å²) in [6, 6.07) is 5.18. The molecule has 0 spiro atoms. The summed E-state index contributed by atoms with van der Waals surface area (Å²) < 4.78 is 0.935. The van der Waals surface area contributed by atoms with Gasteiger partial charge in [0, 0.05) is 17.1 Å². The monoisotopic (exact) mass is 244 g/mol. The Balaban J connectivity index is 2.81. The zero-order chi connectivity index (χ0) is 9.84. The second kappa shape index (κ2) is 4.60. The highest BCUT2D eigenvalue weighted by Gasteiger charge is 2.06. The van der Waals surface area contributed by atoms with Crippen molar-refractivity contribution in [3.05, 3.63) is 28.2 Å². The number of phenols is 1. The molecule has 13 heavy (non-hydrogen) atoms. The summed E-state index contributed by atoms with van der Waals surface area (Å²) in [4.78, 5) is 0. The smallest absolute Gasteiger partial charge is 0.118 e. The lowest BCUT2D eigenvalue weighted by molar-refractivity contribution is 0.464. The topological polar surface area (TPSA) is 72.3 Å². The van der Waals surface area contributed by atoms with Crippen LogP contribution in [0.2, 0.25) is 0 Å². The minimum atomic E-state index is -0.0970. The van der Waals surface area contributed by atoms with Crippen LogP contribution in [-0.4, -0.2) is 17.7 Å². The minimum Gasteiger partial charge on any atom is -0.508 e. The first-order valence-corrected chi connectivity index (χ1v) is 4.86. The Labute approximate surface area is 85.9 Å². The number of nitrogens with two attached hydrogens (primary N) is 2. The highest BCUT2D eigenvalue weighted by molar-refractivity contribution is 9.10. The summed E-state index contributed by atoms with van der Waals surface area (Å²) >= 11 is 3.32. The maximum Gasteiger partial charge on any atom is 0.118 e. The summed E-state index contributed by atoms with van der Waals surface area (Å²) in [5.41, 5.74) is 11.9. The molecule has 1 aromatic rings. The van der Waals surface area contributed by atoms with Gasteiger partial charge >= 0.3 is 0 Å². The lowest BCUT2D eigenvalue weighted by Crippen LogP contribution is -2.31. The van der Waals surface area contributed by atoms with Gasteiger partial charge in [-0.2, -0.15) is 0 Å². The van der Waals surface area contributed by atoms with E-state index in [-0.39, 0.29) is 11.8 Å². The second-order valence-electron chi connectivity index (χ2n) is 2.97. The van der Waals surface area contributed by atoms with Crippen molar-refractivity contribution in [2.45, 2.75) is 12.5 Å². The molecule has 1 aromatic carbocycles. The van der Waals surface area contributed by atoms with Crippen molar-refractivity contribution >= 4 is 15.9 Å². The molecule has 0 aliphatic heterocycles. The van der Waals surface area contributed by atoms with Crippen LogP contribution in [-0.2, 0) is 6.42 Å². The normalized spacial score (nSPS) is 12.8. The van der Waals surface area contributed by atoms with Crippen molar-refractivity contribution in [1.82, 2.24) is 0 Å². The van der Waals surface area contributed by atoms with E-state index in [9.17, 15) is 5.11 Å². The van der Waals surface area contributed by atoms with E-state index in [0.717, 1.165) is 10.0 Å². The van der Waals surface area contributed by atoms with Crippen molar-refractivity contribution in [2.75, 3.05) is 6.54 Å². The average molecular weight is 245 g/mol. The fourth-order valence-electron chi connectivity index (χ4n) is 1.08. The summed E-state index contributed by atoms with van der Waals surface area (Å²) in [5.74, 6) is 0.270. The second-order valence-corrected chi connectivity index (χ2v) is 3.89. The number of hydrogen-bond acceptors (Lipinski definition) is 3. The molecule has 0 aliphatic carbocycles. The van der Waals surface area contributed by atoms with Gasteiger partial charge in [-0.1, -0.05) is 15.9 Å². The van der Waals surface area contributed by atoms with Crippen molar-refractivity contribution in [2.24, 2.45) is 11.5 Å². The highest BCUT2D eigenvalue weighted by atomic mass is 79.9. The number of hydrogen-bond donors (Lipinski definition) is 3. The van der Waals surface area contributed by atoms with Crippen LogP contribution in [0.15, 0.2) is 22.7 Å². The molecule has 0 amide bonds. The Morgan fingerprint density at radius 1 is 1.46 bits per heavy atom. The van der Waals surface area contributed by atoms with Crippen molar-refractivity contribution in [3.63, 3.8) is 0 Å². The van der Waals surface area contributed by atoms with Crippen LogP contribution in [0, 0.1) is 0 Å². The van der Waals surface area contributed by atoms with E-state index in [2.05, 4.69) is 15.9 Å². The molecule has 0 fully saturated rings. The average Bonchev–Trinajstić information content (AvgIpc) is 2.11. The standard InChI is InChI=1S/C9H13BrN2O/c10-7-1-2-9(13)6(3-7)4-8(12)5-11/h1-3,8,13H,4-5,11-12H2. The maximum atomic E-state index is 9.46.